The van der Waals surface area contributed by atoms with Crippen molar-refractivity contribution in [3.63, 3.8) is 0 Å². The second-order valence-corrected chi connectivity index (χ2v) is 7.73. The summed E-state index contributed by atoms with van der Waals surface area (Å²) in [4.78, 5) is 26.9. The van der Waals surface area contributed by atoms with Crippen molar-refractivity contribution < 1.29 is 23.8 Å². The lowest BCUT2D eigenvalue weighted by molar-refractivity contribution is -0.139. The van der Waals surface area contributed by atoms with Gasteiger partial charge in [0, 0.05) is 31.2 Å². The third kappa shape index (κ3) is 5.46. The van der Waals surface area contributed by atoms with Crippen LogP contribution in [-0.2, 0) is 20.9 Å². The minimum Gasteiger partial charge on any atom is -0.454 e. The van der Waals surface area contributed by atoms with E-state index in [9.17, 15) is 9.59 Å². The first-order valence-electron chi connectivity index (χ1n) is 10.1. The number of nitrogens with zero attached hydrogens (tertiary/aromatic N) is 1. The molecule has 2 N–H and O–H groups in total. The molecule has 2 heterocycles. The van der Waals surface area contributed by atoms with Gasteiger partial charge in [-0.3, -0.25) is 14.5 Å². The minimum absolute atomic E-state index is 0.119. The van der Waals surface area contributed by atoms with Gasteiger partial charge in [-0.05, 0) is 35.4 Å². The third-order valence-electron chi connectivity index (χ3n) is 5.30. The minimum atomic E-state index is -0.679. The fourth-order valence-corrected chi connectivity index (χ4v) is 3.73. The molecule has 0 saturated carbocycles. The van der Waals surface area contributed by atoms with E-state index in [0.29, 0.717) is 29.7 Å². The van der Waals surface area contributed by atoms with Gasteiger partial charge in [0.25, 0.3) is 0 Å². The number of halogens is 1. The molecule has 2 amide bonds. The van der Waals surface area contributed by atoms with Gasteiger partial charge < -0.3 is 24.8 Å². The van der Waals surface area contributed by atoms with Crippen LogP contribution >= 0.6 is 11.6 Å². The predicted octanol–water partition coefficient (Wildman–Crippen LogP) is 1.87. The Labute approximate surface area is 185 Å². The Morgan fingerprint density at radius 1 is 0.968 bits per heavy atom. The van der Waals surface area contributed by atoms with Crippen molar-refractivity contribution in [2.24, 2.45) is 0 Å². The SMILES string of the molecule is O=C(NCc1ccc(Cl)cc1)C(=O)NC[C@H](c1ccc2c(c1)OCO2)N1CCOCC1. The standard InChI is InChI=1S/C22H24ClN3O5/c23-17-4-1-15(2-5-17)12-24-21(27)22(28)25-13-18(26-7-9-29-10-8-26)16-3-6-19-20(11-16)31-14-30-19/h1-6,11,18H,7-10,12-14H2,(H,24,27)(H,25,28)/t18-/m1/s1. The molecule has 1 fully saturated rings. The summed E-state index contributed by atoms with van der Waals surface area (Å²) in [5.41, 5.74) is 1.84. The Bertz CT molecular complexity index is 931. The van der Waals surface area contributed by atoms with Crippen molar-refractivity contribution in [3.05, 3.63) is 58.6 Å². The van der Waals surface area contributed by atoms with Crippen molar-refractivity contribution in [3.8, 4) is 11.5 Å². The highest BCUT2D eigenvalue weighted by Gasteiger charge is 2.26. The summed E-state index contributed by atoms with van der Waals surface area (Å²) in [6.45, 7) is 3.44. The van der Waals surface area contributed by atoms with Crippen molar-refractivity contribution in [2.75, 3.05) is 39.6 Å². The van der Waals surface area contributed by atoms with Gasteiger partial charge >= 0.3 is 11.8 Å². The first kappa shape index (κ1) is 21.4. The molecule has 0 spiro atoms. The van der Waals surface area contributed by atoms with Gasteiger partial charge in [-0.2, -0.15) is 0 Å². The fraction of sp³-hybridized carbons (Fsp3) is 0.364. The number of morpholine rings is 1. The second-order valence-electron chi connectivity index (χ2n) is 7.30. The molecular formula is C22H24ClN3O5. The normalized spacial score (nSPS) is 16.5. The number of fused-ring (bicyclic) bond motifs is 1. The van der Waals surface area contributed by atoms with Gasteiger partial charge in [0.15, 0.2) is 11.5 Å². The molecule has 0 aromatic heterocycles. The van der Waals surface area contributed by atoms with Crippen LogP contribution in [0.4, 0.5) is 0 Å². The van der Waals surface area contributed by atoms with Crippen LogP contribution in [0.3, 0.4) is 0 Å². The zero-order valence-electron chi connectivity index (χ0n) is 16.9. The lowest BCUT2D eigenvalue weighted by Crippen LogP contribution is -2.46. The van der Waals surface area contributed by atoms with Crippen LogP contribution in [0.1, 0.15) is 17.2 Å². The molecule has 1 atom stereocenters. The topological polar surface area (TPSA) is 89.1 Å². The number of carbonyl (C=O) groups excluding carboxylic acids is 2. The summed E-state index contributed by atoms with van der Waals surface area (Å²) in [5, 5.41) is 6.01. The van der Waals surface area contributed by atoms with Gasteiger partial charge in [0.05, 0.1) is 19.3 Å². The summed E-state index contributed by atoms with van der Waals surface area (Å²) in [7, 11) is 0. The predicted molar refractivity (Wildman–Crippen MR) is 114 cm³/mol. The fourth-order valence-electron chi connectivity index (χ4n) is 3.60. The van der Waals surface area contributed by atoms with Crippen LogP contribution in [0.15, 0.2) is 42.5 Å². The molecule has 4 rings (SSSR count). The molecule has 0 bridgehead atoms. The zero-order chi connectivity index (χ0) is 21.6. The van der Waals surface area contributed by atoms with E-state index in [0.717, 1.165) is 24.2 Å². The Morgan fingerprint density at radius 2 is 1.68 bits per heavy atom. The summed E-state index contributed by atoms with van der Waals surface area (Å²) >= 11 is 5.86. The van der Waals surface area contributed by atoms with E-state index >= 15 is 0 Å². The monoisotopic (exact) mass is 445 g/mol. The number of nitrogens with one attached hydrogen (secondary N) is 2. The van der Waals surface area contributed by atoms with Crippen molar-refractivity contribution in [2.45, 2.75) is 12.6 Å². The summed E-state index contributed by atoms with van der Waals surface area (Å²) in [5.74, 6) is 0.0345. The van der Waals surface area contributed by atoms with E-state index in [-0.39, 0.29) is 25.9 Å². The summed E-state index contributed by atoms with van der Waals surface area (Å²) < 4.78 is 16.3. The Morgan fingerprint density at radius 3 is 2.45 bits per heavy atom. The lowest BCUT2D eigenvalue weighted by atomic mass is 10.0. The lowest BCUT2D eigenvalue weighted by Gasteiger charge is -2.34. The third-order valence-corrected chi connectivity index (χ3v) is 5.55. The molecule has 0 unspecified atom stereocenters. The molecule has 0 aliphatic carbocycles. The van der Waals surface area contributed by atoms with Crippen LogP contribution in [0, 0.1) is 0 Å². The van der Waals surface area contributed by atoms with Crippen LogP contribution in [-0.4, -0.2) is 56.4 Å². The highest BCUT2D eigenvalue weighted by Crippen LogP contribution is 2.35. The van der Waals surface area contributed by atoms with Crippen LogP contribution in [0.5, 0.6) is 11.5 Å². The van der Waals surface area contributed by atoms with E-state index in [4.69, 9.17) is 25.8 Å². The van der Waals surface area contributed by atoms with E-state index in [1.165, 1.54) is 0 Å². The molecule has 164 valence electrons. The van der Waals surface area contributed by atoms with E-state index < -0.39 is 11.8 Å². The van der Waals surface area contributed by atoms with Crippen molar-refractivity contribution in [1.82, 2.24) is 15.5 Å². The maximum Gasteiger partial charge on any atom is 0.309 e. The zero-order valence-corrected chi connectivity index (χ0v) is 17.7. The van der Waals surface area contributed by atoms with Gasteiger partial charge in [0.1, 0.15) is 0 Å². The molecule has 31 heavy (non-hydrogen) atoms. The second kappa shape index (κ2) is 10.00. The average molecular weight is 446 g/mol. The molecule has 1 saturated heterocycles. The Hall–Kier alpha value is -2.81. The summed E-state index contributed by atoms with van der Waals surface area (Å²) in [6, 6.07) is 12.7. The number of rotatable bonds is 6. The molecule has 2 aliphatic heterocycles. The maximum atomic E-state index is 12.4. The molecule has 0 radical (unpaired) electrons. The number of benzene rings is 2. The number of hydrogen-bond acceptors (Lipinski definition) is 6. The highest BCUT2D eigenvalue weighted by molar-refractivity contribution is 6.35. The van der Waals surface area contributed by atoms with Crippen molar-refractivity contribution >= 4 is 23.4 Å². The van der Waals surface area contributed by atoms with Crippen molar-refractivity contribution in [1.29, 1.82) is 0 Å². The molecule has 2 aromatic carbocycles. The first-order valence-corrected chi connectivity index (χ1v) is 10.5. The highest BCUT2D eigenvalue weighted by atomic mass is 35.5. The van der Waals surface area contributed by atoms with Crippen LogP contribution in [0.25, 0.3) is 0 Å². The van der Waals surface area contributed by atoms with E-state index in [2.05, 4.69) is 15.5 Å². The van der Waals surface area contributed by atoms with Gasteiger partial charge in [0.2, 0.25) is 6.79 Å². The van der Waals surface area contributed by atoms with Gasteiger partial charge in [-0.25, -0.2) is 0 Å². The molecule has 2 aromatic rings. The molecule has 9 heteroatoms. The molecular weight excluding hydrogens is 422 g/mol. The van der Waals surface area contributed by atoms with E-state index in [1.807, 2.05) is 18.2 Å². The smallest absolute Gasteiger partial charge is 0.309 e. The molecule has 8 nitrogen and oxygen atoms in total. The maximum absolute atomic E-state index is 12.4. The number of ether oxygens (including phenoxy) is 3. The van der Waals surface area contributed by atoms with Crippen LogP contribution < -0.4 is 20.1 Å². The number of carbonyl (C=O) groups is 2. The van der Waals surface area contributed by atoms with Crippen LogP contribution in [0.2, 0.25) is 5.02 Å². The number of amides is 2. The Kier molecular flexibility index (Phi) is 6.91. The largest absolute Gasteiger partial charge is 0.454 e. The average Bonchev–Trinajstić information content (AvgIpc) is 3.27. The first-order chi connectivity index (χ1) is 15.1. The number of hydrogen-bond donors (Lipinski definition) is 2. The quantitative estimate of drug-likeness (QED) is 0.660. The Balaban J connectivity index is 1.37. The van der Waals surface area contributed by atoms with Gasteiger partial charge in [-0.1, -0.05) is 29.8 Å². The molecule has 2 aliphatic rings. The summed E-state index contributed by atoms with van der Waals surface area (Å²) in [6.07, 6.45) is 0. The van der Waals surface area contributed by atoms with E-state index in [1.54, 1.807) is 24.3 Å². The van der Waals surface area contributed by atoms with Gasteiger partial charge in [-0.15, -0.1) is 0 Å².